The Morgan fingerprint density at radius 2 is 1.64 bits per heavy atom. The van der Waals surface area contributed by atoms with Gasteiger partial charge in [-0.15, -0.1) is 0 Å². The van der Waals surface area contributed by atoms with Crippen molar-refractivity contribution < 1.29 is 20.5 Å². The summed E-state index contributed by atoms with van der Waals surface area (Å²) in [7, 11) is 7.54. The molecule has 0 saturated heterocycles. The van der Waals surface area contributed by atoms with E-state index in [0.29, 0.717) is 11.3 Å². The summed E-state index contributed by atoms with van der Waals surface area (Å²) in [5.41, 5.74) is 4.96. The van der Waals surface area contributed by atoms with E-state index in [9.17, 15) is 9.59 Å². The molecule has 2 aliphatic rings. The molecule has 5 rings (SSSR count). The molecule has 7 heteroatoms. The van der Waals surface area contributed by atoms with E-state index < -0.39 is 5.41 Å². The Hall–Kier alpha value is -3.84. The Morgan fingerprint density at radius 3 is 2.31 bits per heavy atom. The van der Waals surface area contributed by atoms with Crippen LogP contribution in [0.15, 0.2) is 60.7 Å². The number of carbonyl (C=O) groups excluding carboxylic acids is 2. The molecular weight excluding hydrogens is 454 g/mol. The minimum atomic E-state index is -0.544. The number of carbonyl (C=O) groups is 2. The fourth-order valence-corrected chi connectivity index (χ4v) is 4.67. The number of anilines is 1. The molecule has 1 N–H and O–H groups in total. The zero-order chi connectivity index (χ0) is 25.4. The summed E-state index contributed by atoms with van der Waals surface area (Å²) in [4.78, 5) is 29.5. The fourth-order valence-electron chi connectivity index (χ4n) is 4.67. The minimum Gasteiger partial charge on any atom is -0.454 e. The molecule has 0 bridgehead atoms. The van der Waals surface area contributed by atoms with Crippen LogP contribution in [0.1, 0.15) is 35.8 Å². The summed E-state index contributed by atoms with van der Waals surface area (Å²) < 4.78 is 10.9. The van der Waals surface area contributed by atoms with Crippen LogP contribution in [0.2, 0.25) is 0 Å². The molecule has 3 aromatic rings. The highest BCUT2D eigenvalue weighted by molar-refractivity contribution is 6.02. The van der Waals surface area contributed by atoms with E-state index >= 15 is 0 Å². The highest BCUT2D eigenvalue weighted by Crippen LogP contribution is 2.51. The normalized spacial score (nSPS) is 15.0. The van der Waals surface area contributed by atoms with Crippen molar-refractivity contribution in [2.45, 2.75) is 24.8 Å². The van der Waals surface area contributed by atoms with Gasteiger partial charge in [-0.25, -0.2) is 0 Å². The summed E-state index contributed by atoms with van der Waals surface area (Å²) in [6.45, 7) is 0.966. The summed E-state index contributed by atoms with van der Waals surface area (Å²) in [5, 5.41) is 3.16. The number of rotatable bonds is 7. The molecule has 7 nitrogen and oxygen atoms in total. The van der Waals surface area contributed by atoms with Crippen LogP contribution in [-0.4, -0.2) is 56.6 Å². The maximum atomic E-state index is 13.5. The Kier molecular flexibility index (Phi) is 6.18. The van der Waals surface area contributed by atoms with Crippen molar-refractivity contribution in [3.05, 3.63) is 77.4 Å². The molecule has 1 fully saturated rings. The van der Waals surface area contributed by atoms with Crippen LogP contribution in [0.3, 0.4) is 0 Å². The smallest absolute Gasteiger partial charge is 0.253 e. The number of nitrogens with zero attached hydrogens (tertiary/aromatic N) is 2. The lowest BCUT2D eigenvalue weighted by molar-refractivity contribution is -0.118. The molecule has 0 radical (unpaired) electrons. The average molecular weight is 488 g/mol. The maximum absolute atomic E-state index is 13.5. The second-order valence-corrected chi connectivity index (χ2v) is 9.99. The van der Waals surface area contributed by atoms with Gasteiger partial charge in [0.1, 0.15) is 0 Å². The van der Waals surface area contributed by atoms with Crippen LogP contribution in [0.5, 0.6) is 11.5 Å². The Balaban J connectivity index is 0.00000320. The largest absolute Gasteiger partial charge is 0.454 e. The fraction of sp³-hybridized carbons (Fsp3) is 0.310. The first-order valence-electron chi connectivity index (χ1n) is 12.1. The molecule has 2 amide bonds. The van der Waals surface area contributed by atoms with Crippen molar-refractivity contribution in [3.63, 3.8) is 0 Å². The van der Waals surface area contributed by atoms with Crippen LogP contribution < -0.4 is 14.8 Å². The third kappa shape index (κ3) is 4.54. The Bertz CT molecular complexity index is 1320. The predicted molar refractivity (Wildman–Crippen MR) is 142 cm³/mol. The number of fused-ring (bicyclic) bond motifs is 1. The second kappa shape index (κ2) is 9.32. The molecule has 1 saturated carbocycles. The van der Waals surface area contributed by atoms with Crippen molar-refractivity contribution in [3.8, 4) is 22.6 Å². The molecule has 0 unspecified atom stereocenters. The Labute approximate surface area is 213 Å². The van der Waals surface area contributed by atoms with Crippen molar-refractivity contribution >= 4 is 17.5 Å². The molecule has 0 aromatic heterocycles. The zero-order valence-corrected chi connectivity index (χ0v) is 21.1. The van der Waals surface area contributed by atoms with Gasteiger partial charge in [0.05, 0.1) is 5.41 Å². The maximum Gasteiger partial charge on any atom is 0.253 e. The number of hydrogen-bond donors (Lipinski definition) is 1. The lowest BCUT2D eigenvalue weighted by Crippen LogP contribution is -2.27. The van der Waals surface area contributed by atoms with Gasteiger partial charge in [0, 0.05) is 33.3 Å². The monoisotopic (exact) mass is 487 g/mol. The van der Waals surface area contributed by atoms with Crippen LogP contribution in [0, 0.1) is 0 Å². The highest BCUT2D eigenvalue weighted by Gasteiger charge is 2.51. The first kappa shape index (κ1) is 23.9. The van der Waals surface area contributed by atoms with Crippen LogP contribution >= 0.6 is 0 Å². The third-order valence-electron chi connectivity index (χ3n) is 6.81. The van der Waals surface area contributed by atoms with Crippen LogP contribution in [0.4, 0.5) is 5.69 Å². The van der Waals surface area contributed by atoms with Crippen molar-refractivity contribution in [2.24, 2.45) is 0 Å². The number of nitrogens with one attached hydrogen (secondary N) is 1. The van der Waals surface area contributed by atoms with Crippen molar-refractivity contribution in [2.75, 3.05) is 40.3 Å². The number of benzene rings is 3. The standard InChI is InChI=1S/C29H31N3O4.H2/c1-31(2)17-21-9-11-23(16-24(21)19-5-7-20(8-6-19)27(33)32(3)4)30-28(34)29(13-14-29)22-10-12-25-26(15-22)36-18-35-25;/h5-12,15-16H,13-14,17-18H2,1-4H3,(H,30,34);1H. The molecular formula is C29H33N3O4. The second-order valence-electron chi connectivity index (χ2n) is 9.99. The van der Waals surface area contributed by atoms with Gasteiger partial charge < -0.3 is 24.6 Å². The van der Waals surface area contributed by atoms with Gasteiger partial charge in [-0.05, 0) is 85.6 Å². The van der Waals surface area contributed by atoms with E-state index in [4.69, 9.17) is 9.47 Å². The first-order valence-corrected chi connectivity index (χ1v) is 12.1. The highest BCUT2D eigenvalue weighted by atomic mass is 16.7. The van der Waals surface area contributed by atoms with Crippen molar-refractivity contribution in [1.29, 1.82) is 0 Å². The zero-order valence-electron chi connectivity index (χ0n) is 21.1. The molecule has 1 aliphatic carbocycles. The molecule has 3 aromatic carbocycles. The lowest BCUT2D eigenvalue weighted by Gasteiger charge is -2.19. The summed E-state index contributed by atoms with van der Waals surface area (Å²) >= 11 is 0. The molecule has 188 valence electrons. The van der Waals surface area contributed by atoms with E-state index in [2.05, 4.69) is 16.3 Å². The van der Waals surface area contributed by atoms with Gasteiger partial charge >= 0.3 is 0 Å². The summed E-state index contributed by atoms with van der Waals surface area (Å²) in [6, 6.07) is 19.4. The summed E-state index contributed by atoms with van der Waals surface area (Å²) in [6.07, 6.45) is 1.59. The van der Waals surface area contributed by atoms with Gasteiger partial charge in [0.15, 0.2) is 11.5 Å². The summed E-state index contributed by atoms with van der Waals surface area (Å²) in [5.74, 6) is 1.36. The van der Waals surface area contributed by atoms with E-state index in [1.807, 2.05) is 68.7 Å². The van der Waals surface area contributed by atoms with Crippen molar-refractivity contribution in [1.82, 2.24) is 9.80 Å². The molecule has 0 atom stereocenters. The van der Waals surface area contributed by atoms with E-state index in [1.54, 1.807) is 19.0 Å². The van der Waals surface area contributed by atoms with Gasteiger partial charge in [0.25, 0.3) is 5.91 Å². The van der Waals surface area contributed by atoms with E-state index in [0.717, 1.165) is 53.1 Å². The number of hydrogen-bond acceptors (Lipinski definition) is 5. The number of ether oxygens (including phenoxy) is 2. The van der Waals surface area contributed by atoms with Gasteiger partial charge in [-0.3, -0.25) is 9.59 Å². The SMILES string of the molecule is CN(C)Cc1ccc(NC(=O)C2(c3ccc4c(c3)OCO4)CC2)cc1-c1ccc(C(=O)N(C)C)cc1.[HH]. The van der Waals surface area contributed by atoms with Crippen LogP contribution in [0.25, 0.3) is 11.1 Å². The topological polar surface area (TPSA) is 71.1 Å². The van der Waals surface area contributed by atoms with Gasteiger partial charge in [0.2, 0.25) is 12.7 Å². The Morgan fingerprint density at radius 1 is 0.917 bits per heavy atom. The lowest BCUT2D eigenvalue weighted by atomic mass is 9.94. The average Bonchev–Trinajstić information content (AvgIpc) is 3.55. The predicted octanol–water partition coefficient (Wildman–Crippen LogP) is 4.76. The quantitative estimate of drug-likeness (QED) is 0.520. The van der Waals surface area contributed by atoms with Gasteiger partial charge in [-0.1, -0.05) is 24.3 Å². The van der Waals surface area contributed by atoms with Gasteiger partial charge in [-0.2, -0.15) is 0 Å². The minimum absolute atomic E-state index is 0. The molecule has 1 heterocycles. The first-order chi connectivity index (χ1) is 17.3. The van der Waals surface area contributed by atoms with E-state index in [-0.39, 0.29) is 20.0 Å². The van der Waals surface area contributed by atoms with Crippen LogP contribution in [-0.2, 0) is 16.8 Å². The molecule has 0 spiro atoms. The number of amides is 2. The molecule has 1 aliphatic heterocycles. The molecule has 36 heavy (non-hydrogen) atoms. The van der Waals surface area contributed by atoms with E-state index in [1.165, 1.54) is 0 Å². The third-order valence-corrected chi connectivity index (χ3v) is 6.81.